The second-order valence-corrected chi connectivity index (χ2v) is 5.43. The summed E-state index contributed by atoms with van der Waals surface area (Å²) in [5, 5.41) is 5.88. The van der Waals surface area contributed by atoms with Gasteiger partial charge in [-0.3, -0.25) is 4.79 Å². The summed E-state index contributed by atoms with van der Waals surface area (Å²) in [4.78, 5) is 12.7. The van der Waals surface area contributed by atoms with E-state index >= 15 is 0 Å². The predicted octanol–water partition coefficient (Wildman–Crippen LogP) is 3.69. The van der Waals surface area contributed by atoms with Gasteiger partial charge >= 0.3 is 5.97 Å². The van der Waals surface area contributed by atoms with E-state index in [1.807, 2.05) is 47.8 Å². The van der Waals surface area contributed by atoms with Crippen molar-refractivity contribution in [3.63, 3.8) is 0 Å². The van der Waals surface area contributed by atoms with E-state index in [0.29, 0.717) is 11.5 Å². The standard InChI is InChI=1S/C16H13NO3S/c18-16(9-12-5-2-1-3-6-12)19-11-13-10-14(20-17-13)15-7-4-8-21-15/h1-8,10H,9,11H2. The Kier molecular flexibility index (Phi) is 4.12. The molecule has 0 saturated heterocycles. The van der Waals surface area contributed by atoms with Crippen LogP contribution in [0.5, 0.6) is 0 Å². The van der Waals surface area contributed by atoms with Crippen molar-refractivity contribution in [2.24, 2.45) is 0 Å². The quantitative estimate of drug-likeness (QED) is 0.674. The molecule has 3 rings (SSSR count). The van der Waals surface area contributed by atoms with Crippen molar-refractivity contribution >= 4 is 17.3 Å². The minimum atomic E-state index is -0.276. The molecule has 0 aliphatic carbocycles. The predicted molar refractivity (Wildman–Crippen MR) is 79.8 cm³/mol. The molecule has 0 bridgehead atoms. The summed E-state index contributed by atoms with van der Waals surface area (Å²) in [5.74, 6) is 0.418. The van der Waals surface area contributed by atoms with Crippen LogP contribution in [0.1, 0.15) is 11.3 Å². The van der Waals surface area contributed by atoms with Gasteiger partial charge in [-0.15, -0.1) is 11.3 Å². The summed E-state index contributed by atoms with van der Waals surface area (Å²) in [7, 11) is 0. The Balaban J connectivity index is 1.54. The molecule has 21 heavy (non-hydrogen) atoms. The van der Waals surface area contributed by atoms with Gasteiger partial charge in [0, 0.05) is 6.07 Å². The number of esters is 1. The van der Waals surface area contributed by atoms with Crippen LogP contribution in [-0.2, 0) is 22.6 Å². The molecule has 0 unspecified atom stereocenters. The Morgan fingerprint density at radius 1 is 1.19 bits per heavy atom. The van der Waals surface area contributed by atoms with Crippen LogP contribution in [-0.4, -0.2) is 11.1 Å². The Bertz CT molecular complexity index is 704. The van der Waals surface area contributed by atoms with E-state index in [0.717, 1.165) is 10.4 Å². The van der Waals surface area contributed by atoms with E-state index < -0.39 is 0 Å². The van der Waals surface area contributed by atoms with Crippen molar-refractivity contribution < 1.29 is 14.1 Å². The molecule has 4 nitrogen and oxygen atoms in total. The maximum atomic E-state index is 11.7. The van der Waals surface area contributed by atoms with Crippen molar-refractivity contribution in [3.05, 3.63) is 65.2 Å². The number of ether oxygens (including phenoxy) is 1. The average Bonchev–Trinajstić information content (AvgIpc) is 3.17. The largest absolute Gasteiger partial charge is 0.459 e. The maximum Gasteiger partial charge on any atom is 0.310 e. The molecule has 0 aliphatic rings. The van der Waals surface area contributed by atoms with Crippen LogP contribution >= 0.6 is 11.3 Å². The number of carbonyl (C=O) groups excluding carboxylic acids is 1. The molecular weight excluding hydrogens is 286 g/mol. The number of nitrogens with zero attached hydrogens (tertiary/aromatic N) is 1. The smallest absolute Gasteiger partial charge is 0.310 e. The number of benzene rings is 1. The van der Waals surface area contributed by atoms with Crippen molar-refractivity contribution in [2.75, 3.05) is 0 Å². The van der Waals surface area contributed by atoms with E-state index in [2.05, 4.69) is 5.16 Å². The lowest BCUT2D eigenvalue weighted by molar-refractivity contribution is -0.144. The summed E-state index contributed by atoms with van der Waals surface area (Å²) >= 11 is 1.57. The lowest BCUT2D eigenvalue weighted by Gasteiger charge is -2.02. The fourth-order valence-corrected chi connectivity index (χ4v) is 2.56. The number of hydrogen-bond donors (Lipinski definition) is 0. The van der Waals surface area contributed by atoms with Crippen LogP contribution in [0, 0.1) is 0 Å². The molecule has 0 spiro atoms. The van der Waals surface area contributed by atoms with E-state index in [9.17, 15) is 4.79 Å². The van der Waals surface area contributed by atoms with Crippen molar-refractivity contribution in [3.8, 4) is 10.6 Å². The van der Waals surface area contributed by atoms with Crippen molar-refractivity contribution in [1.82, 2.24) is 5.16 Å². The molecule has 1 aromatic carbocycles. The molecule has 106 valence electrons. The average molecular weight is 299 g/mol. The number of thiophene rings is 1. The van der Waals surface area contributed by atoms with Crippen LogP contribution in [0.25, 0.3) is 10.6 Å². The highest BCUT2D eigenvalue weighted by atomic mass is 32.1. The fourth-order valence-electron chi connectivity index (χ4n) is 1.88. The molecule has 0 atom stereocenters. The SMILES string of the molecule is O=C(Cc1ccccc1)OCc1cc(-c2cccs2)on1. The van der Waals surface area contributed by atoms with Gasteiger partial charge in [0.2, 0.25) is 0 Å². The first kappa shape index (κ1) is 13.6. The zero-order chi connectivity index (χ0) is 14.5. The van der Waals surface area contributed by atoms with Crippen molar-refractivity contribution in [1.29, 1.82) is 0 Å². The normalized spacial score (nSPS) is 10.5. The molecule has 0 amide bonds. The fraction of sp³-hybridized carbons (Fsp3) is 0.125. The monoisotopic (exact) mass is 299 g/mol. The molecule has 0 N–H and O–H groups in total. The van der Waals surface area contributed by atoms with Crippen LogP contribution in [0.4, 0.5) is 0 Å². The van der Waals surface area contributed by atoms with Gasteiger partial charge < -0.3 is 9.26 Å². The number of aromatic nitrogens is 1. The maximum absolute atomic E-state index is 11.7. The van der Waals surface area contributed by atoms with E-state index in [1.54, 1.807) is 17.4 Å². The number of carbonyl (C=O) groups is 1. The Morgan fingerprint density at radius 2 is 2.05 bits per heavy atom. The van der Waals surface area contributed by atoms with Crippen molar-refractivity contribution in [2.45, 2.75) is 13.0 Å². The summed E-state index contributed by atoms with van der Waals surface area (Å²) in [6, 6.07) is 15.2. The van der Waals surface area contributed by atoms with Gasteiger partial charge in [0.1, 0.15) is 12.3 Å². The molecule has 3 aromatic rings. The molecule has 0 radical (unpaired) electrons. The lowest BCUT2D eigenvalue weighted by Crippen LogP contribution is -2.07. The second kappa shape index (κ2) is 6.37. The molecule has 0 aliphatic heterocycles. The third kappa shape index (κ3) is 3.58. The molecular formula is C16H13NO3S. The minimum absolute atomic E-state index is 0.126. The highest BCUT2D eigenvalue weighted by Crippen LogP contribution is 2.25. The topological polar surface area (TPSA) is 52.3 Å². The van der Waals surface area contributed by atoms with Gasteiger partial charge in [0.05, 0.1) is 11.3 Å². The first-order valence-electron chi connectivity index (χ1n) is 6.50. The number of rotatable bonds is 5. The van der Waals surface area contributed by atoms with Gasteiger partial charge in [-0.1, -0.05) is 41.6 Å². The second-order valence-electron chi connectivity index (χ2n) is 4.48. The first-order valence-corrected chi connectivity index (χ1v) is 7.38. The van der Waals surface area contributed by atoms with E-state index in [1.165, 1.54) is 0 Å². The zero-order valence-electron chi connectivity index (χ0n) is 11.2. The van der Waals surface area contributed by atoms with Crippen LogP contribution in [0.15, 0.2) is 58.4 Å². The third-order valence-corrected chi connectivity index (χ3v) is 3.78. The minimum Gasteiger partial charge on any atom is -0.459 e. The molecule has 5 heteroatoms. The van der Waals surface area contributed by atoms with Gasteiger partial charge in [0.15, 0.2) is 5.76 Å². The highest BCUT2D eigenvalue weighted by Gasteiger charge is 2.10. The third-order valence-electron chi connectivity index (χ3n) is 2.90. The van der Waals surface area contributed by atoms with Crippen LogP contribution < -0.4 is 0 Å². The van der Waals surface area contributed by atoms with Gasteiger partial charge in [0.25, 0.3) is 0 Å². The lowest BCUT2D eigenvalue weighted by atomic mass is 10.2. The van der Waals surface area contributed by atoms with Gasteiger partial charge in [-0.05, 0) is 17.0 Å². The summed E-state index contributed by atoms with van der Waals surface area (Å²) in [6.07, 6.45) is 0.260. The highest BCUT2D eigenvalue weighted by molar-refractivity contribution is 7.13. The summed E-state index contributed by atoms with van der Waals surface area (Å²) in [6.45, 7) is 0.126. The Labute approximate surface area is 126 Å². The summed E-state index contributed by atoms with van der Waals surface area (Å²) < 4.78 is 10.4. The van der Waals surface area contributed by atoms with E-state index in [4.69, 9.17) is 9.26 Å². The van der Waals surface area contributed by atoms with Gasteiger partial charge in [-0.2, -0.15) is 0 Å². The summed E-state index contributed by atoms with van der Waals surface area (Å²) in [5.41, 5.74) is 1.54. The van der Waals surface area contributed by atoms with Crippen LogP contribution in [0.2, 0.25) is 0 Å². The van der Waals surface area contributed by atoms with E-state index in [-0.39, 0.29) is 19.0 Å². The molecule has 0 saturated carbocycles. The molecule has 2 aromatic heterocycles. The Morgan fingerprint density at radius 3 is 2.81 bits per heavy atom. The van der Waals surface area contributed by atoms with Gasteiger partial charge in [-0.25, -0.2) is 0 Å². The first-order chi connectivity index (χ1) is 10.3. The Hall–Kier alpha value is -2.40. The molecule has 2 heterocycles. The number of hydrogen-bond acceptors (Lipinski definition) is 5. The zero-order valence-corrected chi connectivity index (χ0v) is 12.0. The molecule has 0 fully saturated rings. The van der Waals surface area contributed by atoms with Crippen LogP contribution in [0.3, 0.4) is 0 Å².